The van der Waals surface area contributed by atoms with Crippen molar-refractivity contribution in [2.75, 3.05) is 4.90 Å². The molecule has 0 aliphatic carbocycles. The largest absolute Gasteiger partial charge is 0.573 e. The lowest BCUT2D eigenvalue weighted by Crippen LogP contribution is -2.25. The van der Waals surface area contributed by atoms with Crippen LogP contribution in [-0.4, -0.2) is 26.6 Å². The molecule has 3 aromatic carbocycles. The molecule has 4 rings (SSSR count). The van der Waals surface area contributed by atoms with Crippen LogP contribution in [0.5, 0.6) is 5.75 Å². The molecule has 4 aromatic rings. The summed E-state index contributed by atoms with van der Waals surface area (Å²) in [6.07, 6.45) is -20.3. The second-order valence-corrected chi connectivity index (χ2v) is 9.29. The Kier molecular flexibility index (Phi) is 8.49. The zero-order valence-corrected chi connectivity index (χ0v) is 21.9. The second kappa shape index (κ2) is 11.5. The van der Waals surface area contributed by atoms with Crippen LogP contribution in [0.1, 0.15) is 27.8 Å². The molecule has 44 heavy (non-hydrogen) atoms. The molecule has 0 unspecified atom stereocenters. The molecule has 0 radical (unpaired) electrons. The van der Waals surface area contributed by atoms with Crippen molar-refractivity contribution in [3.63, 3.8) is 0 Å². The number of rotatable bonds is 7. The fourth-order valence-electron chi connectivity index (χ4n) is 4.18. The molecular weight excluding hydrogens is 626 g/mol. The molecule has 1 aromatic heterocycles. The van der Waals surface area contributed by atoms with E-state index in [1.807, 2.05) is 0 Å². The average molecular weight is 643 g/mol. The Morgan fingerprint density at radius 3 is 1.84 bits per heavy atom. The number of anilines is 1. The number of aromatic nitrogens is 4. The predicted octanol–water partition coefficient (Wildman–Crippen LogP) is 8.04. The first-order valence-corrected chi connectivity index (χ1v) is 12.0. The Hall–Kier alpha value is -4.51. The van der Waals surface area contributed by atoms with Gasteiger partial charge in [0, 0.05) is 13.1 Å². The Morgan fingerprint density at radius 1 is 0.705 bits per heavy atom. The third kappa shape index (κ3) is 8.10. The van der Waals surface area contributed by atoms with E-state index < -0.39 is 66.0 Å². The summed E-state index contributed by atoms with van der Waals surface area (Å²) in [6, 6.07) is 7.29. The molecule has 0 aliphatic heterocycles. The summed E-state index contributed by atoms with van der Waals surface area (Å²) in [4.78, 5) is 1.86. The first kappa shape index (κ1) is 32.4. The molecule has 0 saturated carbocycles. The summed E-state index contributed by atoms with van der Waals surface area (Å²) in [5.74, 6) is -1.08. The first-order valence-electron chi connectivity index (χ1n) is 12.0. The van der Waals surface area contributed by atoms with E-state index in [1.165, 1.54) is 13.1 Å². The Labute approximate surface area is 239 Å². The molecule has 0 saturated heterocycles. The highest BCUT2D eigenvalue weighted by molar-refractivity contribution is 5.70. The minimum atomic E-state index is -5.18. The molecule has 6 nitrogen and oxygen atoms in total. The van der Waals surface area contributed by atoms with E-state index in [1.54, 1.807) is 0 Å². The summed E-state index contributed by atoms with van der Waals surface area (Å²) in [6.45, 7) is -1.43. The number of alkyl halides is 12. The van der Waals surface area contributed by atoms with Gasteiger partial charge in [-0.05, 0) is 69.9 Å². The molecule has 0 amide bonds. The van der Waals surface area contributed by atoms with Gasteiger partial charge in [-0.3, -0.25) is 0 Å². The lowest BCUT2D eigenvalue weighted by atomic mass is 9.96. The number of hydrogen-bond acceptors (Lipinski definition) is 5. The molecule has 1 heterocycles. The Morgan fingerprint density at radius 2 is 1.32 bits per heavy atom. The lowest BCUT2D eigenvalue weighted by Gasteiger charge is -2.24. The number of ether oxygens (including phenoxy) is 1. The van der Waals surface area contributed by atoms with Crippen LogP contribution in [0.3, 0.4) is 0 Å². The minimum absolute atomic E-state index is 0.0408. The Balaban J connectivity index is 1.84. The molecule has 0 fully saturated rings. The van der Waals surface area contributed by atoms with E-state index in [0.29, 0.717) is 24.3 Å². The topological polar surface area (TPSA) is 56.1 Å². The van der Waals surface area contributed by atoms with Gasteiger partial charge in [-0.25, -0.2) is 0 Å². The quantitative estimate of drug-likeness (QED) is 0.191. The van der Waals surface area contributed by atoms with E-state index in [-0.39, 0.29) is 28.7 Å². The fraction of sp³-hybridized carbons (Fsp3) is 0.269. The van der Waals surface area contributed by atoms with Crippen molar-refractivity contribution in [2.45, 2.75) is 38.0 Å². The van der Waals surface area contributed by atoms with E-state index in [4.69, 9.17) is 0 Å². The summed E-state index contributed by atoms with van der Waals surface area (Å²) >= 11 is 0. The van der Waals surface area contributed by atoms with Gasteiger partial charge in [-0.15, -0.1) is 18.3 Å². The van der Waals surface area contributed by atoms with Crippen LogP contribution in [0, 0.1) is 0 Å². The van der Waals surface area contributed by atoms with Crippen LogP contribution < -0.4 is 9.64 Å². The van der Waals surface area contributed by atoms with Gasteiger partial charge in [0.15, 0.2) is 0 Å². The van der Waals surface area contributed by atoms with Crippen LogP contribution in [0.25, 0.3) is 11.1 Å². The normalized spacial score (nSPS) is 12.8. The minimum Gasteiger partial charge on any atom is -0.406 e. The summed E-state index contributed by atoms with van der Waals surface area (Å²) < 4.78 is 164. The van der Waals surface area contributed by atoms with Crippen LogP contribution in [0.4, 0.5) is 58.6 Å². The van der Waals surface area contributed by atoms with Gasteiger partial charge < -0.3 is 9.64 Å². The number of halogens is 12. The van der Waals surface area contributed by atoms with Gasteiger partial charge in [0.05, 0.1) is 23.7 Å². The number of tetrazole rings is 1. The average Bonchev–Trinajstić information content (AvgIpc) is 3.32. The highest BCUT2D eigenvalue weighted by Gasteiger charge is 2.37. The summed E-state index contributed by atoms with van der Waals surface area (Å²) in [7, 11) is 1.28. The van der Waals surface area contributed by atoms with E-state index >= 15 is 0 Å². The van der Waals surface area contributed by atoms with Crippen molar-refractivity contribution in [3.05, 3.63) is 88.5 Å². The number of nitrogens with zero attached hydrogens (tertiary/aromatic N) is 5. The maximum absolute atomic E-state index is 13.7. The third-order valence-corrected chi connectivity index (χ3v) is 5.97. The van der Waals surface area contributed by atoms with Crippen LogP contribution >= 0.6 is 0 Å². The first-order chi connectivity index (χ1) is 20.2. The molecule has 0 aliphatic rings. The van der Waals surface area contributed by atoms with E-state index in [0.717, 1.165) is 34.0 Å². The van der Waals surface area contributed by atoms with Gasteiger partial charge in [0.1, 0.15) is 5.75 Å². The SMILES string of the molecule is Cn1nnc(N(Cc2cc(C(F)(F)F)cc(C(F)(F)F)c2)Cc2cc(C(F)(F)F)ccc2-c2cccc(OC(F)(F)F)c2)n1. The molecule has 0 atom stereocenters. The molecular formula is C26H17F12N5O. The van der Waals surface area contributed by atoms with Gasteiger partial charge in [-0.1, -0.05) is 23.3 Å². The standard InChI is InChI=1S/C26H17F12N5O/c1-42-40-22(39-41-42)43(12-14-7-18(24(30,31)32)11-19(8-14)25(33,34)35)13-16-9-17(23(27,28)29)5-6-21(16)15-3-2-4-20(10-15)44-26(36,37)38/h2-11H,12-13H2,1H3. The van der Waals surface area contributed by atoms with E-state index in [2.05, 4.69) is 20.1 Å². The lowest BCUT2D eigenvalue weighted by molar-refractivity contribution is -0.274. The number of aryl methyl sites for hydroxylation is 1. The van der Waals surface area contributed by atoms with Gasteiger partial charge >= 0.3 is 24.9 Å². The maximum atomic E-state index is 13.7. The van der Waals surface area contributed by atoms with Crippen molar-refractivity contribution in [1.82, 2.24) is 20.2 Å². The molecule has 18 heteroatoms. The maximum Gasteiger partial charge on any atom is 0.573 e. The molecule has 0 bridgehead atoms. The predicted molar refractivity (Wildman–Crippen MR) is 129 cm³/mol. The van der Waals surface area contributed by atoms with Crippen molar-refractivity contribution in [3.8, 4) is 16.9 Å². The highest BCUT2D eigenvalue weighted by Crippen LogP contribution is 2.38. The summed E-state index contributed by atoms with van der Waals surface area (Å²) in [5, 5.41) is 11.1. The second-order valence-electron chi connectivity index (χ2n) is 9.29. The molecule has 0 N–H and O–H groups in total. The van der Waals surface area contributed by atoms with Crippen LogP contribution in [0.2, 0.25) is 0 Å². The van der Waals surface area contributed by atoms with Gasteiger partial charge in [-0.2, -0.15) is 44.3 Å². The van der Waals surface area contributed by atoms with Crippen molar-refractivity contribution < 1.29 is 57.4 Å². The Bertz CT molecular complexity index is 1590. The summed E-state index contributed by atoms with van der Waals surface area (Å²) in [5.41, 5.74) is -5.33. The van der Waals surface area contributed by atoms with Crippen LogP contribution in [-0.2, 0) is 38.7 Å². The van der Waals surface area contributed by atoms with Crippen molar-refractivity contribution >= 4 is 5.95 Å². The van der Waals surface area contributed by atoms with Gasteiger partial charge in [0.25, 0.3) is 5.95 Å². The third-order valence-electron chi connectivity index (χ3n) is 5.97. The monoisotopic (exact) mass is 643 g/mol. The van der Waals surface area contributed by atoms with Crippen LogP contribution in [0.15, 0.2) is 60.7 Å². The molecule has 236 valence electrons. The van der Waals surface area contributed by atoms with Gasteiger partial charge in [0.2, 0.25) is 0 Å². The zero-order chi connectivity index (χ0) is 32.7. The number of benzene rings is 3. The molecule has 0 spiro atoms. The fourth-order valence-corrected chi connectivity index (χ4v) is 4.18. The highest BCUT2D eigenvalue weighted by atomic mass is 19.4. The van der Waals surface area contributed by atoms with Crippen molar-refractivity contribution in [2.24, 2.45) is 7.05 Å². The smallest absolute Gasteiger partial charge is 0.406 e. The van der Waals surface area contributed by atoms with Crippen molar-refractivity contribution in [1.29, 1.82) is 0 Å². The zero-order valence-electron chi connectivity index (χ0n) is 21.9. The van der Waals surface area contributed by atoms with E-state index in [9.17, 15) is 52.7 Å². The number of hydrogen-bond donors (Lipinski definition) is 0.